The van der Waals surface area contributed by atoms with Crippen molar-refractivity contribution in [2.45, 2.75) is 13.2 Å². The number of carbonyl (C=O) groups is 1. The van der Waals surface area contributed by atoms with Gasteiger partial charge >= 0.3 is 5.97 Å². The van der Waals surface area contributed by atoms with Gasteiger partial charge in [0.05, 0.1) is 0 Å². The summed E-state index contributed by atoms with van der Waals surface area (Å²) >= 11 is 0. The topological polar surface area (TPSA) is 55.8 Å². The second-order valence-corrected chi connectivity index (χ2v) is 4.87. The predicted molar refractivity (Wildman–Crippen MR) is 89.3 cm³/mol. The molecule has 1 atom stereocenters. The molecule has 0 saturated heterocycles. The van der Waals surface area contributed by atoms with Gasteiger partial charge in [-0.05, 0) is 54.0 Å². The fourth-order valence-electron chi connectivity index (χ4n) is 2.01. The molecule has 0 saturated carbocycles. The molecule has 0 aromatic heterocycles. The van der Waals surface area contributed by atoms with Crippen LogP contribution in [-0.4, -0.2) is 17.4 Å². The van der Waals surface area contributed by atoms with E-state index in [4.69, 9.17) is 9.47 Å². The van der Waals surface area contributed by atoms with Crippen LogP contribution in [0.1, 0.15) is 5.56 Å². The predicted octanol–water partition coefficient (Wildman–Crippen LogP) is 3.64. The third kappa shape index (κ3) is 4.31. The number of aryl methyl sites for hydroxylation is 1. The van der Waals surface area contributed by atoms with Crippen LogP contribution in [-0.2, 0) is 4.79 Å². The van der Waals surface area contributed by atoms with E-state index in [2.05, 4.69) is 13.2 Å². The molecule has 2 rings (SSSR count). The van der Waals surface area contributed by atoms with E-state index in [-0.39, 0.29) is 0 Å². The standard InChI is InChI=1S/C19H18O4/c1-4-18(20)22-16-9-6-14(7-10-16)15-8-11-17(13(3)12-15)23-19(21)5-2/h4-12,19,21H,1-2H2,3H3. The highest BCUT2D eigenvalue weighted by Crippen LogP contribution is 2.28. The van der Waals surface area contributed by atoms with Crippen LogP contribution in [0.3, 0.4) is 0 Å². The van der Waals surface area contributed by atoms with Gasteiger partial charge in [-0.2, -0.15) is 0 Å². The average Bonchev–Trinajstić information content (AvgIpc) is 2.57. The van der Waals surface area contributed by atoms with Gasteiger partial charge < -0.3 is 14.6 Å². The molecular formula is C19H18O4. The summed E-state index contributed by atoms with van der Waals surface area (Å²) in [6, 6.07) is 12.8. The van der Waals surface area contributed by atoms with Crippen molar-refractivity contribution in [3.63, 3.8) is 0 Å². The summed E-state index contributed by atoms with van der Waals surface area (Å²) in [6.45, 7) is 8.72. The van der Waals surface area contributed by atoms with Gasteiger partial charge in [-0.15, -0.1) is 0 Å². The maximum atomic E-state index is 11.1. The number of hydrogen-bond donors (Lipinski definition) is 1. The van der Waals surface area contributed by atoms with Crippen LogP contribution in [0, 0.1) is 6.92 Å². The van der Waals surface area contributed by atoms with Crippen LogP contribution in [0.5, 0.6) is 11.5 Å². The number of aliphatic hydroxyl groups is 1. The summed E-state index contributed by atoms with van der Waals surface area (Å²) in [4.78, 5) is 11.1. The molecule has 1 unspecified atom stereocenters. The molecule has 0 amide bonds. The molecule has 0 aliphatic rings. The van der Waals surface area contributed by atoms with Crippen LogP contribution in [0.15, 0.2) is 67.8 Å². The zero-order valence-electron chi connectivity index (χ0n) is 12.9. The molecule has 4 nitrogen and oxygen atoms in total. The largest absolute Gasteiger partial charge is 0.461 e. The maximum absolute atomic E-state index is 11.1. The van der Waals surface area contributed by atoms with E-state index in [1.165, 1.54) is 6.08 Å². The summed E-state index contributed by atoms with van der Waals surface area (Å²) in [5.41, 5.74) is 2.86. The van der Waals surface area contributed by atoms with Gasteiger partial charge in [-0.3, -0.25) is 0 Å². The monoisotopic (exact) mass is 310 g/mol. The normalized spacial score (nSPS) is 11.4. The molecule has 0 bridgehead atoms. The van der Waals surface area contributed by atoms with Crippen molar-refractivity contribution in [1.29, 1.82) is 0 Å². The highest BCUT2D eigenvalue weighted by molar-refractivity contribution is 5.83. The summed E-state index contributed by atoms with van der Waals surface area (Å²) in [5.74, 6) is 0.568. The summed E-state index contributed by atoms with van der Waals surface area (Å²) in [7, 11) is 0. The van der Waals surface area contributed by atoms with E-state index in [0.29, 0.717) is 11.5 Å². The van der Waals surface area contributed by atoms with Crippen molar-refractivity contribution in [2.75, 3.05) is 0 Å². The lowest BCUT2D eigenvalue weighted by atomic mass is 10.0. The first-order valence-corrected chi connectivity index (χ1v) is 7.06. The van der Waals surface area contributed by atoms with E-state index in [1.54, 1.807) is 18.2 Å². The van der Waals surface area contributed by atoms with Gasteiger partial charge in [0, 0.05) is 6.08 Å². The number of rotatable bonds is 6. The highest BCUT2D eigenvalue weighted by Gasteiger charge is 2.07. The number of hydrogen-bond acceptors (Lipinski definition) is 4. The summed E-state index contributed by atoms with van der Waals surface area (Å²) < 4.78 is 10.4. The lowest BCUT2D eigenvalue weighted by Crippen LogP contribution is -2.11. The van der Waals surface area contributed by atoms with Crippen LogP contribution < -0.4 is 9.47 Å². The van der Waals surface area contributed by atoms with Gasteiger partial charge in [-0.1, -0.05) is 31.4 Å². The number of ether oxygens (including phenoxy) is 2. The Morgan fingerprint density at radius 3 is 2.35 bits per heavy atom. The van der Waals surface area contributed by atoms with Crippen molar-refractivity contribution in [1.82, 2.24) is 0 Å². The zero-order valence-corrected chi connectivity index (χ0v) is 12.9. The first kappa shape index (κ1) is 16.5. The van der Waals surface area contributed by atoms with Crippen LogP contribution >= 0.6 is 0 Å². The quantitative estimate of drug-likeness (QED) is 0.291. The van der Waals surface area contributed by atoms with Crippen molar-refractivity contribution in [3.05, 3.63) is 73.3 Å². The molecule has 2 aromatic carbocycles. The molecule has 0 aliphatic carbocycles. The van der Waals surface area contributed by atoms with Gasteiger partial charge in [0.25, 0.3) is 0 Å². The SMILES string of the molecule is C=CC(=O)Oc1ccc(-c2ccc(OC(O)C=C)c(C)c2)cc1. The van der Waals surface area contributed by atoms with E-state index >= 15 is 0 Å². The Morgan fingerprint density at radius 2 is 1.78 bits per heavy atom. The lowest BCUT2D eigenvalue weighted by Gasteiger charge is -2.13. The molecule has 0 aliphatic heterocycles. The van der Waals surface area contributed by atoms with E-state index < -0.39 is 12.3 Å². The van der Waals surface area contributed by atoms with Crippen molar-refractivity contribution >= 4 is 5.97 Å². The second-order valence-electron chi connectivity index (χ2n) is 4.87. The lowest BCUT2D eigenvalue weighted by molar-refractivity contribution is -0.128. The van der Waals surface area contributed by atoms with Crippen LogP contribution in [0.2, 0.25) is 0 Å². The Labute approximate surface area is 135 Å². The minimum atomic E-state index is -1.03. The fourth-order valence-corrected chi connectivity index (χ4v) is 2.01. The number of carbonyl (C=O) groups excluding carboxylic acids is 1. The maximum Gasteiger partial charge on any atom is 0.335 e. The molecule has 4 heteroatoms. The Morgan fingerprint density at radius 1 is 1.13 bits per heavy atom. The van der Waals surface area contributed by atoms with Crippen LogP contribution in [0.4, 0.5) is 0 Å². The molecular weight excluding hydrogens is 292 g/mol. The molecule has 0 heterocycles. The van der Waals surface area contributed by atoms with Gasteiger partial charge in [0.1, 0.15) is 11.5 Å². The third-order valence-corrected chi connectivity index (χ3v) is 3.20. The number of aliphatic hydroxyl groups excluding tert-OH is 1. The zero-order chi connectivity index (χ0) is 16.8. The van der Waals surface area contributed by atoms with E-state index in [1.807, 2.05) is 31.2 Å². The summed E-state index contributed by atoms with van der Waals surface area (Å²) in [6.07, 6.45) is 1.41. The van der Waals surface area contributed by atoms with Crippen molar-refractivity contribution in [3.8, 4) is 22.6 Å². The van der Waals surface area contributed by atoms with Gasteiger partial charge in [0.15, 0.2) is 0 Å². The minimum absolute atomic E-state index is 0.462. The minimum Gasteiger partial charge on any atom is -0.461 e. The fraction of sp³-hybridized carbons (Fsp3) is 0.105. The first-order valence-electron chi connectivity index (χ1n) is 7.06. The Hall–Kier alpha value is -2.85. The number of esters is 1. The molecule has 2 aromatic rings. The van der Waals surface area contributed by atoms with Gasteiger partial charge in [0.2, 0.25) is 6.29 Å². The molecule has 1 N–H and O–H groups in total. The summed E-state index contributed by atoms with van der Waals surface area (Å²) in [5, 5.41) is 9.46. The molecule has 0 radical (unpaired) electrons. The van der Waals surface area contributed by atoms with Gasteiger partial charge in [-0.25, -0.2) is 4.79 Å². The highest BCUT2D eigenvalue weighted by atomic mass is 16.6. The van der Waals surface area contributed by atoms with Crippen molar-refractivity contribution in [2.24, 2.45) is 0 Å². The molecule has 23 heavy (non-hydrogen) atoms. The average molecular weight is 310 g/mol. The molecule has 0 fully saturated rings. The molecule has 0 spiro atoms. The van der Waals surface area contributed by atoms with Crippen LogP contribution in [0.25, 0.3) is 11.1 Å². The Kier molecular flexibility index (Phi) is 5.33. The smallest absolute Gasteiger partial charge is 0.335 e. The molecule has 118 valence electrons. The Bertz CT molecular complexity index is 717. The second kappa shape index (κ2) is 7.42. The van der Waals surface area contributed by atoms with E-state index in [9.17, 15) is 9.90 Å². The first-order chi connectivity index (χ1) is 11.0. The number of benzene rings is 2. The van der Waals surface area contributed by atoms with E-state index in [0.717, 1.165) is 22.8 Å². The third-order valence-electron chi connectivity index (χ3n) is 3.20. The Balaban J connectivity index is 2.18. The van der Waals surface area contributed by atoms with Crippen molar-refractivity contribution < 1.29 is 19.4 Å².